The van der Waals surface area contributed by atoms with Crippen molar-refractivity contribution in [3.05, 3.63) is 48.3 Å². The molecule has 3 rings (SSSR count). The van der Waals surface area contributed by atoms with E-state index in [-0.39, 0.29) is 5.91 Å². The Hall–Kier alpha value is -2.63. The highest BCUT2D eigenvalue weighted by Crippen LogP contribution is 2.16. The fraction of sp³-hybridized carbons (Fsp3) is 0.389. The van der Waals surface area contributed by atoms with Crippen molar-refractivity contribution >= 4 is 11.9 Å². The Balaban J connectivity index is 1.55. The summed E-state index contributed by atoms with van der Waals surface area (Å²) in [5.74, 6) is 1.46. The van der Waals surface area contributed by atoms with Crippen LogP contribution in [0.4, 0.5) is 5.95 Å². The van der Waals surface area contributed by atoms with Crippen molar-refractivity contribution in [1.82, 2.24) is 14.9 Å². The van der Waals surface area contributed by atoms with Crippen molar-refractivity contribution in [1.29, 1.82) is 0 Å². The summed E-state index contributed by atoms with van der Waals surface area (Å²) in [5, 5.41) is 0. The molecule has 0 saturated carbocycles. The van der Waals surface area contributed by atoms with E-state index < -0.39 is 6.10 Å². The lowest BCUT2D eigenvalue weighted by atomic mass is 10.2. The average molecular weight is 326 g/mol. The summed E-state index contributed by atoms with van der Waals surface area (Å²) in [6.45, 7) is 6.57. The third-order valence-electron chi connectivity index (χ3n) is 4.08. The molecular weight excluding hydrogens is 304 g/mol. The number of benzene rings is 1. The van der Waals surface area contributed by atoms with Crippen molar-refractivity contribution in [3.63, 3.8) is 0 Å². The van der Waals surface area contributed by atoms with Gasteiger partial charge in [0.05, 0.1) is 0 Å². The van der Waals surface area contributed by atoms with Crippen LogP contribution in [0.3, 0.4) is 0 Å². The zero-order chi connectivity index (χ0) is 16.9. The van der Waals surface area contributed by atoms with Gasteiger partial charge in [0.1, 0.15) is 5.75 Å². The Morgan fingerprint density at radius 3 is 2.50 bits per heavy atom. The molecule has 1 saturated heterocycles. The first-order chi connectivity index (χ1) is 11.6. The van der Waals surface area contributed by atoms with E-state index in [4.69, 9.17) is 4.74 Å². The lowest BCUT2D eigenvalue weighted by molar-refractivity contribution is -0.138. The molecule has 1 amide bonds. The van der Waals surface area contributed by atoms with E-state index in [0.717, 1.165) is 24.4 Å². The van der Waals surface area contributed by atoms with Gasteiger partial charge in [0.2, 0.25) is 5.95 Å². The third-order valence-corrected chi connectivity index (χ3v) is 4.08. The van der Waals surface area contributed by atoms with Gasteiger partial charge < -0.3 is 14.5 Å². The Kier molecular flexibility index (Phi) is 4.93. The minimum absolute atomic E-state index is 0.0186. The second-order valence-electron chi connectivity index (χ2n) is 5.94. The molecule has 126 valence electrons. The first kappa shape index (κ1) is 16.2. The maximum absolute atomic E-state index is 12.6. The predicted molar refractivity (Wildman–Crippen MR) is 92.1 cm³/mol. The van der Waals surface area contributed by atoms with Gasteiger partial charge in [-0.3, -0.25) is 4.79 Å². The second kappa shape index (κ2) is 7.29. The molecule has 0 aliphatic carbocycles. The van der Waals surface area contributed by atoms with Crippen molar-refractivity contribution < 1.29 is 9.53 Å². The van der Waals surface area contributed by atoms with Crippen LogP contribution in [0.25, 0.3) is 0 Å². The highest BCUT2D eigenvalue weighted by atomic mass is 16.5. The smallest absolute Gasteiger partial charge is 0.263 e. The van der Waals surface area contributed by atoms with Crippen LogP contribution in [-0.4, -0.2) is 53.1 Å². The van der Waals surface area contributed by atoms with Gasteiger partial charge in [0, 0.05) is 38.6 Å². The summed E-state index contributed by atoms with van der Waals surface area (Å²) >= 11 is 0. The standard InChI is InChI=1S/C18H22N4O2/c1-14-5-3-6-16(13-14)24-15(2)17(23)21-9-11-22(12-10-21)18-19-7-4-8-20-18/h3-8,13,15H,9-12H2,1-2H3/t15-/m0/s1. The molecule has 1 aliphatic rings. The predicted octanol–water partition coefficient (Wildman–Crippen LogP) is 1.90. The molecule has 1 aromatic carbocycles. The van der Waals surface area contributed by atoms with E-state index in [1.54, 1.807) is 25.4 Å². The number of carbonyl (C=O) groups excluding carboxylic acids is 1. The molecule has 0 bridgehead atoms. The van der Waals surface area contributed by atoms with Gasteiger partial charge in [-0.05, 0) is 37.6 Å². The van der Waals surface area contributed by atoms with Crippen LogP contribution >= 0.6 is 0 Å². The van der Waals surface area contributed by atoms with Gasteiger partial charge in [0.15, 0.2) is 6.10 Å². The van der Waals surface area contributed by atoms with E-state index >= 15 is 0 Å². The third kappa shape index (κ3) is 3.82. The number of aryl methyl sites for hydroxylation is 1. The average Bonchev–Trinajstić information content (AvgIpc) is 2.62. The second-order valence-corrected chi connectivity index (χ2v) is 5.94. The molecule has 24 heavy (non-hydrogen) atoms. The number of amides is 1. The van der Waals surface area contributed by atoms with Crippen LogP contribution in [0, 0.1) is 6.92 Å². The highest BCUT2D eigenvalue weighted by Gasteiger charge is 2.26. The van der Waals surface area contributed by atoms with Crippen LogP contribution in [0.5, 0.6) is 5.75 Å². The summed E-state index contributed by atoms with van der Waals surface area (Å²) in [4.78, 5) is 25.0. The quantitative estimate of drug-likeness (QED) is 0.859. The van der Waals surface area contributed by atoms with Crippen LogP contribution in [-0.2, 0) is 4.79 Å². The molecule has 1 aliphatic heterocycles. The van der Waals surface area contributed by atoms with E-state index in [1.807, 2.05) is 36.1 Å². The zero-order valence-electron chi connectivity index (χ0n) is 14.1. The van der Waals surface area contributed by atoms with Crippen molar-refractivity contribution in [2.24, 2.45) is 0 Å². The van der Waals surface area contributed by atoms with E-state index in [9.17, 15) is 4.79 Å². The number of hydrogen-bond acceptors (Lipinski definition) is 5. The Labute approximate surface area is 142 Å². The number of anilines is 1. The topological polar surface area (TPSA) is 58.6 Å². The molecule has 0 unspecified atom stereocenters. The summed E-state index contributed by atoms with van der Waals surface area (Å²) in [7, 11) is 0. The summed E-state index contributed by atoms with van der Waals surface area (Å²) in [5.41, 5.74) is 1.11. The van der Waals surface area contributed by atoms with Gasteiger partial charge in [-0.1, -0.05) is 12.1 Å². The molecule has 2 heterocycles. The van der Waals surface area contributed by atoms with Gasteiger partial charge >= 0.3 is 0 Å². The number of hydrogen-bond donors (Lipinski definition) is 0. The Morgan fingerprint density at radius 2 is 1.83 bits per heavy atom. The van der Waals surface area contributed by atoms with Gasteiger partial charge in [-0.2, -0.15) is 0 Å². The van der Waals surface area contributed by atoms with Crippen LogP contribution < -0.4 is 9.64 Å². The summed E-state index contributed by atoms with van der Waals surface area (Å²) in [6, 6.07) is 9.55. The minimum Gasteiger partial charge on any atom is -0.481 e. The first-order valence-electron chi connectivity index (χ1n) is 8.17. The summed E-state index contributed by atoms with van der Waals surface area (Å²) in [6.07, 6.45) is 2.97. The Bertz CT molecular complexity index is 684. The van der Waals surface area contributed by atoms with Gasteiger partial charge in [-0.25, -0.2) is 9.97 Å². The maximum Gasteiger partial charge on any atom is 0.263 e. The molecule has 6 heteroatoms. The highest BCUT2D eigenvalue weighted by molar-refractivity contribution is 5.81. The molecule has 1 fully saturated rings. The van der Waals surface area contributed by atoms with Gasteiger partial charge in [0.25, 0.3) is 5.91 Å². The number of nitrogens with zero attached hydrogens (tertiary/aromatic N) is 4. The van der Waals surface area contributed by atoms with Crippen LogP contribution in [0.15, 0.2) is 42.7 Å². The first-order valence-corrected chi connectivity index (χ1v) is 8.17. The number of carbonyl (C=O) groups is 1. The fourth-order valence-electron chi connectivity index (χ4n) is 2.78. The largest absolute Gasteiger partial charge is 0.481 e. The molecule has 6 nitrogen and oxygen atoms in total. The normalized spacial score (nSPS) is 15.9. The minimum atomic E-state index is -0.494. The number of aromatic nitrogens is 2. The van der Waals surface area contributed by atoms with E-state index in [1.165, 1.54) is 0 Å². The molecule has 0 spiro atoms. The van der Waals surface area contributed by atoms with E-state index in [0.29, 0.717) is 19.0 Å². The van der Waals surface area contributed by atoms with E-state index in [2.05, 4.69) is 14.9 Å². The lowest BCUT2D eigenvalue weighted by Crippen LogP contribution is -2.52. The molecule has 1 atom stereocenters. The van der Waals surface area contributed by atoms with Crippen molar-refractivity contribution in [3.8, 4) is 5.75 Å². The molecule has 0 radical (unpaired) electrons. The SMILES string of the molecule is Cc1cccc(O[C@@H](C)C(=O)N2CCN(c3ncccn3)CC2)c1. The molecular formula is C18H22N4O2. The fourth-order valence-corrected chi connectivity index (χ4v) is 2.78. The molecule has 2 aromatic rings. The number of rotatable bonds is 4. The monoisotopic (exact) mass is 326 g/mol. The number of piperazine rings is 1. The van der Waals surface area contributed by atoms with Crippen LogP contribution in [0.1, 0.15) is 12.5 Å². The van der Waals surface area contributed by atoms with Crippen molar-refractivity contribution in [2.75, 3.05) is 31.1 Å². The van der Waals surface area contributed by atoms with Crippen molar-refractivity contribution in [2.45, 2.75) is 20.0 Å². The van der Waals surface area contributed by atoms with Gasteiger partial charge in [-0.15, -0.1) is 0 Å². The maximum atomic E-state index is 12.6. The Morgan fingerprint density at radius 1 is 1.12 bits per heavy atom. The molecule has 1 aromatic heterocycles. The zero-order valence-corrected chi connectivity index (χ0v) is 14.1. The lowest BCUT2D eigenvalue weighted by Gasteiger charge is -2.35. The molecule has 0 N–H and O–H groups in total. The number of ether oxygens (including phenoxy) is 1. The van der Waals surface area contributed by atoms with Crippen LogP contribution in [0.2, 0.25) is 0 Å². The summed E-state index contributed by atoms with van der Waals surface area (Å²) < 4.78 is 5.79.